The van der Waals surface area contributed by atoms with Gasteiger partial charge in [-0.25, -0.2) is 4.57 Å². The van der Waals surface area contributed by atoms with E-state index in [2.05, 4.69) is 9.05 Å². The lowest BCUT2D eigenvalue weighted by atomic mass is 10.1. The first kappa shape index (κ1) is 9.92. The third-order valence-corrected chi connectivity index (χ3v) is 2.96. The predicted octanol–water partition coefficient (Wildman–Crippen LogP) is 1.42. The molecule has 8 heteroatoms. The fourth-order valence-corrected chi connectivity index (χ4v) is 1.85. The van der Waals surface area contributed by atoms with E-state index in [1.54, 1.807) is 0 Å². The molecule has 0 atom stereocenters. The summed E-state index contributed by atoms with van der Waals surface area (Å²) >= 11 is 5.19. The summed E-state index contributed by atoms with van der Waals surface area (Å²) in [6, 6.07) is 0. The van der Waals surface area contributed by atoms with Crippen LogP contribution in [0.15, 0.2) is 0 Å². The highest BCUT2D eigenvalue weighted by atomic mass is 35.7. The van der Waals surface area contributed by atoms with Gasteiger partial charge in [0, 0.05) is 23.1 Å². The van der Waals surface area contributed by atoms with Gasteiger partial charge in [0.15, 0.2) is 0 Å². The summed E-state index contributed by atoms with van der Waals surface area (Å²) in [5.74, 6) is 0. The van der Waals surface area contributed by atoms with Crippen LogP contribution in [0.3, 0.4) is 0 Å². The minimum Gasteiger partial charge on any atom is -0.289 e. The van der Waals surface area contributed by atoms with E-state index in [1.165, 1.54) is 6.92 Å². The topological polar surface area (TPSA) is 78.7 Å². The first-order valence-electron chi connectivity index (χ1n) is 3.09. The molecule has 0 radical (unpaired) electrons. The zero-order valence-corrected chi connectivity index (χ0v) is 7.88. The predicted molar refractivity (Wildman–Crippen MR) is 40.8 cm³/mol. The van der Waals surface area contributed by atoms with E-state index in [0.717, 1.165) is 0 Å². The summed E-state index contributed by atoms with van der Waals surface area (Å²) < 4.78 is 19.8. The van der Waals surface area contributed by atoms with Crippen LogP contribution in [-0.4, -0.2) is 23.7 Å². The highest BCUT2D eigenvalue weighted by Gasteiger charge is 2.47. The summed E-state index contributed by atoms with van der Waals surface area (Å²) in [5.41, 5.74) is -1.34. The van der Waals surface area contributed by atoms with Crippen LogP contribution in [0.1, 0.15) is 6.92 Å². The molecular weight excluding hydrogens is 208 g/mol. The van der Waals surface area contributed by atoms with E-state index < -0.39 is 17.4 Å². The molecule has 1 aliphatic rings. The van der Waals surface area contributed by atoms with Gasteiger partial charge in [0.25, 0.3) is 5.54 Å². The zero-order valence-electron chi connectivity index (χ0n) is 6.23. The molecule has 0 unspecified atom stereocenters. The summed E-state index contributed by atoms with van der Waals surface area (Å²) in [6.07, 6.45) is 0. The minimum absolute atomic E-state index is 0.291. The van der Waals surface area contributed by atoms with E-state index >= 15 is 0 Å². The molecule has 1 heterocycles. The van der Waals surface area contributed by atoms with Crippen LogP contribution in [0.4, 0.5) is 0 Å². The van der Waals surface area contributed by atoms with E-state index in [-0.39, 0.29) is 13.2 Å². The summed E-state index contributed by atoms with van der Waals surface area (Å²) in [4.78, 5) is 9.86. The smallest absolute Gasteiger partial charge is 0.289 e. The first-order chi connectivity index (χ1) is 5.36. The van der Waals surface area contributed by atoms with E-state index in [4.69, 9.17) is 11.2 Å². The molecule has 1 aliphatic heterocycles. The molecule has 0 aromatic rings. The van der Waals surface area contributed by atoms with Crippen molar-refractivity contribution in [3.8, 4) is 0 Å². The van der Waals surface area contributed by atoms with Crippen molar-refractivity contribution in [1.82, 2.24) is 0 Å². The summed E-state index contributed by atoms with van der Waals surface area (Å²) in [5, 5.41) is 10.4. The Labute approximate surface area is 73.3 Å². The Morgan fingerprint density at radius 3 is 2.33 bits per heavy atom. The molecular formula is C4H7ClNO5P. The normalized spacial score (nSPS) is 42.5. The van der Waals surface area contributed by atoms with E-state index in [1.807, 2.05) is 0 Å². The molecule has 0 spiro atoms. The molecule has 0 aromatic heterocycles. The van der Waals surface area contributed by atoms with Crippen LogP contribution in [0.25, 0.3) is 0 Å². The molecule has 0 aromatic carbocycles. The monoisotopic (exact) mass is 215 g/mol. The molecule has 0 saturated carbocycles. The number of nitro groups is 1. The van der Waals surface area contributed by atoms with Crippen molar-refractivity contribution in [3.05, 3.63) is 10.1 Å². The second-order valence-corrected chi connectivity index (χ2v) is 5.35. The van der Waals surface area contributed by atoms with Crippen LogP contribution in [0.5, 0.6) is 0 Å². The van der Waals surface area contributed by atoms with Gasteiger partial charge in [-0.15, -0.1) is 0 Å². The Morgan fingerprint density at radius 1 is 1.58 bits per heavy atom. The average molecular weight is 216 g/mol. The van der Waals surface area contributed by atoms with Gasteiger partial charge in [-0.05, 0) is 0 Å². The largest absolute Gasteiger partial charge is 0.424 e. The van der Waals surface area contributed by atoms with E-state index in [0.29, 0.717) is 0 Å². The Hall–Kier alpha value is -0.160. The van der Waals surface area contributed by atoms with Gasteiger partial charge in [0.2, 0.25) is 0 Å². The first-order valence-corrected chi connectivity index (χ1v) is 5.54. The molecule has 70 valence electrons. The summed E-state index contributed by atoms with van der Waals surface area (Å²) in [7, 11) is 0. The number of hydrogen-bond donors (Lipinski definition) is 0. The second-order valence-electron chi connectivity index (χ2n) is 2.73. The third-order valence-electron chi connectivity index (χ3n) is 1.50. The molecule has 0 aliphatic carbocycles. The lowest BCUT2D eigenvalue weighted by molar-refractivity contribution is -0.572. The van der Waals surface area contributed by atoms with Crippen molar-refractivity contribution in [3.63, 3.8) is 0 Å². The molecule has 1 fully saturated rings. The van der Waals surface area contributed by atoms with Crippen molar-refractivity contribution >= 4 is 18.2 Å². The lowest BCUT2D eigenvalue weighted by Crippen LogP contribution is -2.46. The van der Waals surface area contributed by atoms with Crippen LogP contribution in [-0.2, 0) is 13.6 Å². The van der Waals surface area contributed by atoms with Gasteiger partial charge in [-0.1, -0.05) is 0 Å². The van der Waals surface area contributed by atoms with Gasteiger partial charge in [-0.3, -0.25) is 19.2 Å². The number of rotatable bonds is 1. The maximum Gasteiger partial charge on any atom is 0.424 e. The van der Waals surface area contributed by atoms with Gasteiger partial charge < -0.3 is 0 Å². The van der Waals surface area contributed by atoms with Crippen molar-refractivity contribution in [1.29, 1.82) is 0 Å². The molecule has 1 rings (SSSR count). The van der Waals surface area contributed by atoms with Crippen molar-refractivity contribution in [2.45, 2.75) is 12.5 Å². The highest BCUT2D eigenvalue weighted by molar-refractivity contribution is 7.81. The van der Waals surface area contributed by atoms with Gasteiger partial charge in [0.05, 0.1) is 0 Å². The maximum absolute atomic E-state index is 10.8. The average Bonchev–Trinajstić information content (AvgIpc) is 1.96. The maximum atomic E-state index is 10.8. The molecule has 0 amide bonds. The van der Waals surface area contributed by atoms with Crippen LogP contribution in [0.2, 0.25) is 0 Å². The highest BCUT2D eigenvalue weighted by Crippen LogP contribution is 2.56. The van der Waals surface area contributed by atoms with Gasteiger partial charge >= 0.3 is 6.95 Å². The fraction of sp³-hybridized carbons (Fsp3) is 1.00. The molecule has 6 nitrogen and oxygen atoms in total. The molecule has 12 heavy (non-hydrogen) atoms. The van der Waals surface area contributed by atoms with Crippen LogP contribution in [0, 0.1) is 10.1 Å². The Morgan fingerprint density at radius 2 is 2.00 bits per heavy atom. The van der Waals surface area contributed by atoms with Crippen molar-refractivity contribution in [2.24, 2.45) is 0 Å². The number of nitrogens with zero attached hydrogens (tertiary/aromatic N) is 1. The molecule has 1 saturated heterocycles. The van der Waals surface area contributed by atoms with Crippen LogP contribution < -0.4 is 0 Å². The van der Waals surface area contributed by atoms with Crippen molar-refractivity contribution < 1.29 is 18.5 Å². The van der Waals surface area contributed by atoms with E-state index in [9.17, 15) is 14.7 Å². The Balaban J connectivity index is 2.68. The molecule has 0 N–H and O–H groups in total. The lowest BCUT2D eigenvalue weighted by Gasteiger charge is -2.27. The zero-order chi connectivity index (χ0) is 9.41. The number of hydrogen-bond acceptors (Lipinski definition) is 5. The Bertz CT molecular complexity index is 244. The van der Waals surface area contributed by atoms with Crippen LogP contribution >= 0.6 is 18.2 Å². The third kappa shape index (κ3) is 1.95. The second kappa shape index (κ2) is 2.96. The SMILES string of the molecule is CC1([N+](=O)[O-])COP(=O)(Cl)OC1. The minimum atomic E-state index is -3.54. The van der Waals surface area contributed by atoms with Gasteiger partial charge in [0.1, 0.15) is 13.2 Å². The van der Waals surface area contributed by atoms with Crippen molar-refractivity contribution in [2.75, 3.05) is 13.2 Å². The molecule has 0 bridgehead atoms. The standard InChI is InChI=1S/C4H7ClNO5P/c1-4(6(7)8)2-10-12(5,9)11-3-4/h2-3H2,1H3. The fourth-order valence-electron chi connectivity index (χ4n) is 0.617. The number of halogens is 1. The quantitative estimate of drug-likeness (QED) is 0.375. The Kier molecular flexibility index (Phi) is 2.45. The van der Waals surface area contributed by atoms with Gasteiger partial charge in [-0.2, -0.15) is 0 Å². The summed E-state index contributed by atoms with van der Waals surface area (Å²) in [6.45, 7) is -2.78.